The van der Waals surface area contributed by atoms with Crippen LogP contribution in [0.3, 0.4) is 0 Å². The topological polar surface area (TPSA) is 47.6 Å². The fraction of sp³-hybridized carbons (Fsp3) is 0.909. The highest BCUT2D eigenvalue weighted by atomic mass is 16.5. The highest BCUT2D eigenvalue weighted by Crippen LogP contribution is 2.26. The maximum atomic E-state index is 11.0. The maximum Gasteiger partial charge on any atom is 0.245 e. The van der Waals surface area contributed by atoms with Crippen LogP contribution in [0.2, 0.25) is 0 Å². The van der Waals surface area contributed by atoms with Gasteiger partial charge in [-0.15, -0.1) is 0 Å². The minimum absolute atomic E-state index is 0.0472. The first-order valence-corrected chi connectivity index (χ1v) is 5.57. The zero-order valence-corrected chi connectivity index (χ0v) is 9.62. The maximum absolute atomic E-state index is 11.0. The molecule has 4 nitrogen and oxygen atoms in total. The first kappa shape index (κ1) is 12.5. The summed E-state index contributed by atoms with van der Waals surface area (Å²) >= 11 is 0. The molecule has 0 saturated heterocycles. The molecule has 1 aliphatic carbocycles. The highest BCUT2D eigenvalue weighted by Gasteiger charge is 2.21. The number of likely N-dealkylation sites (N-methyl/N-ethyl adjacent to an activating group) is 1. The average Bonchev–Trinajstić information content (AvgIpc) is 2.28. The van der Waals surface area contributed by atoms with E-state index >= 15 is 0 Å². The van der Waals surface area contributed by atoms with Crippen molar-refractivity contribution in [3.63, 3.8) is 0 Å². The lowest BCUT2D eigenvalue weighted by molar-refractivity contribution is -0.128. The summed E-state index contributed by atoms with van der Waals surface area (Å²) in [4.78, 5) is 11.0. The number of hydrogen-bond acceptors (Lipinski definition) is 3. The van der Waals surface area contributed by atoms with Crippen LogP contribution in [0.15, 0.2) is 0 Å². The summed E-state index contributed by atoms with van der Waals surface area (Å²) in [5.41, 5.74) is 0. The van der Waals surface area contributed by atoms with E-state index in [1.807, 2.05) is 0 Å². The Bertz CT molecular complexity index is 188. The van der Waals surface area contributed by atoms with Crippen molar-refractivity contribution in [2.45, 2.75) is 31.8 Å². The quantitative estimate of drug-likeness (QED) is 0.743. The van der Waals surface area contributed by atoms with Crippen LogP contribution in [-0.2, 0) is 14.3 Å². The van der Waals surface area contributed by atoms with E-state index in [0.717, 1.165) is 32.3 Å². The molecule has 1 N–H and O–H groups in total. The van der Waals surface area contributed by atoms with Gasteiger partial charge < -0.3 is 14.8 Å². The van der Waals surface area contributed by atoms with Gasteiger partial charge in [-0.1, -0.05) is 0 Å². The molecule has 0 aromatic rings. The second kappa shape index (κ2) is 6.80. The molecule has 0 aromatic carbocycles. The molecular formula is C11H21NO3. The van der Waals surface area contributed by atoms with Gasteiger partial charge in [0.1, 0.15) is 6.61 Å². The Morgan fingerprint density at radius 3 is 2.53 bits per heavy atom. The minimum atomic E-state index is -0.0472. The third-order valence-corrected chi connectivity index (χ3v) is 2.93. The Balaban J connectivity index is 2.12. The molecule has 1 amide bonds. The van der Waals surface area contributed by atoms with Crippen molar-refractivity contribution >= 4 is 5.91 Å². The van der Waals surface area contributed by atoms with Gasteiger partial charge in [0.15, 0.2) is 0 Å². The number of hydrogen-bond donors (Lipinski definition) is 1. The molecule has 0 aromatic heterocycles. The van der Waals surface area contributed by atoms with Crippen LogP contribution in [0.4, 0.5) is 0 Å². The van der Waals surface area contributed by atoms with Gasteiger partial charge in [0, 0.05) is 20.8 Å². The summed E-state index contributed by atoms with van der Waals surface area (Å²) in [7, 11) is 3.37. The van der Waals surface area contributed by atoms with E-state index in [1.54, 1.807) is 14.2 Å². The van der Waals surface area contributed by atoms with Crippen molar-refractivity contribution < 1.29 is 14.3 Å². The predicted octanol–water partition coefficient (Wildman–Crippen LogP) is 0.954. The van der Waals surface area contributed by atoms with Crippen LogP contribution in [0.5, 0.6) is 0 Å². The molecule has 0 aliphatic heterocycles. The lowest BCUT2D eigenvalue weighted by Gasteiger charge is -2.27. The standard InChI is InChI=1S/C11H21NO3/c1-12-11(13)8-15-10-5-3-9(4-6-10)7-14-2/h9-10H,3-8H2,1-2H3,(H,12,13). The number of methoxy groups -OCH3 is 1. The van der Waals surface area contributed by atoms with Crippen molar-refractivity contribution in [3.8, 4) is 0 Å². The fourth-order valence-corrected chi connectivity index (χ4v) is 1.97. The minimum Gasteiger partial charge on any atom is -0.384 e. The van der Waals surface area contributed by atoms with Crippen LogP contribution in [-0.4, -0.2) is 39.4 Å². The lowest BCUT2D eigenvalue weighted by atomic mass is 9.88. The number of rotatable bonds is 5. The van der Waals surface area contributed by atoms with Crippen molar-refractivity contribution in [2.75, 3.05) is 27.4 Å². The molecule has 0 atom stereocenters. The van der Waals surface area contributed by atoms with Crippen molar-refractivity contribution in [2.24, 2.45) is 5.92 Å². The third kappa shape index (κ3) is 4.62. The van der Waals surface area contributed by atoms with Crippen LogP contribution in [0.1, 0.15) is 25.7 Å². The molecular weight excluding hydrogens is 194 g/mol. The summed E-state index contributed by atoms with van der Waals surface area (Å²) in [6, 6.07) is 0. The van der Waals surface area contributed by atoms with E-state index in [0.29, 0.717) is 5.92 Å². The van der Waals surface area contributed by atoms with E-state index in [9.17, 15) is 4.79 Å². The fourth-order valence-electron chi connectivity index (χ4n) is 1.97. The smallest absolute Gasteiger partial charge is 0.245 e. The summed E-state index contributed by atoms with van der Waals surface area (Å²) in [5.74, 6) is 0.629. The van der Waals surface area contributed by atoms with Gasteiger partial charge in [0.2, 0.25) is 5.91 Å². The zero-order valence-electron chi connectivity index (χ0n) is 9.62. The van der Waals surface area contributed by atoms with E-state index in [1.165, 1.54) is 0 Å². The van der Waals surface area contributed by atoms with Gasteiger partial charge in [-0.3, -0.25) is 4.79 Å². The summed E-state index contributed by atoms with van der Waals surface area (Å²) in [5, 5.41) is 2.55. The van der Waals surface area contributed by atoms with Gasteiger partial charge >= 0.3 is 0 Å². The molecule has 15 heavy (non-hydrogen) atoms. The zero-order chi connectivity index (χ0) is 11.1. The van der Waals surface area contributed by atoms with E-state index in [2.05, 4.69) is 5.32 Å². The summed E-state index contributed by atoms with van der Waals surface area (Å²) < 4.78 is 10.6. The molecule has 1 fully saturated rings. The van der Waals surface area contributed by atoms with Gasteiger partial charge in [-0.2, -0.15) is 0 Å². The molecule has 1 saturated carbocycles. The van der Waals surface area contributed by atoms with Gasteiger partial charge in [0.05, 0.1) is 6.10 Å². The molecule has 1 aliphatic rings. The Morgan fingerprint density at radius 1 is 1.33 bits per heavy atom. The van der Waals surface area contributed by atoms with Crippen molar-refractivity contribution in [3.05, 3.63) is 0 Å². The van der Waals surface area contributed by atoms with Crippen LogP contribution >= 0.6 is 0 Å². The average molecular weight is 215 g/mol. The predicted molar refractivity (Wildman–Crippen MR) is 57.6 cm³/mol. The Morgan fingerprint density at radius 2 is 2.00 bits per heavy atom. The molecule has 0 bridgehead atoms. The van der Waals surface area contributed by atoms with Crippen LogP contribution in [0, 0.1) is 5.92 Å². The summed E-state index contributed by atoms with van der Waals surface area (Å²) in [6.45, 7) is 1.04. The molecule has 1 rings (SSSR count). The number of ether oxygens (including phenoxy) is 2. The molecule has 0 radical (unpaired) electrons. The van der Waals surface area contributed by atoms with E-state index < -0.39 is 0 Å². The van der Waals surface area contributed by atoms with E-state index in [-0.39, 0.29) is 18.6 Å². The van der Waals surface area contributed by atoms with Crippen molar-refractivity contribution in [1.82, 2.24) is 5.32 Å². The third-order valence-electron chi connectivity index (χ3n) is 2.93. The van der Waals surface area contributed by atoms with Gasteiger partial charge in [-0.05, 0) is 31.6 Å². The van der Waals surface area contributed by atoms with Gasteiger partial charge in [0.25, 0.3) is 0 Å². The number of amides is 1. The van der Waals surface area contributed by atoms with Gasteiger partial charge in [-0.25, -0.2) is 0 Å². The monoisotopic (exact) mass is 215 g/mol. The highest BCUT2D eigenvalue weighted by molar-refractivity contribution is 5.76. The van der Waals surface area contributed by atoms with Crippen LogP contribution < -0.4 is 5.32 Å². The number of nitrogens with one attached hydrogen (secondary N) is 1. The lowest BCUT2D eigenvalue weighted by Crippen LogP contribution is -2.29. The van der Waals surface area contributed by atoms with Crippen molar-refractivity contribution in [1.29, 1.82) is 0 Å². The molecule has 0 spiro atoms. The Hall–Kier alpha value is -0.610. The summed E-state index contributed by atoms with van der Waals surface area (Å²) in [6.07, 6.45) is 4.64. The molecule has 88 valence electrons. The Labute approximate surface area is 91.3 Å². The largest absolute Gasteiger partial charge is 0.384 e. The number of carbonyl (C=O) groups excluding carboxylic acids is 1. The first-order valence-electron chi connectivity index (χ1n) is 5.57. The number of carbonyl (C=O) groups is 1. The SMILES string of the molecule is CNC(=O)COC1CCC(COC)CC1. The first-order chi connectivity index (χ1) is 7.26. The molecule has 0 heterocycles. The van der Waals surface area contributed by atoms with E-state index in [4.69, 9.17) is 9.47 Å². The Kier molecular flexibility index (Phi) is 5.65. The second-order valence-corrected chi connectivity index (χ2v) is 4.08. The molecule has 0 unspecified atom stereocenters. The molecule has 4 heteroatoms. The normalized spacial score (nSPS) is 26.3. The second-order valence-electron chi connectivity index (χ2n) is 4.08. The van der Waals surface area contributed by atoms with Crippen LogP contribution in [0.25, 0.3) is 0 Å².